The van der Waals surface area contributed by atoms with Gasteiger partial charge in [-0.25, -0.2) is 0 Å². The number of para-hydroxylation sites is 1. The van der Waals surface area contributed by atoms with Gasteiger partial charge in [0.2, 0.25) is 0 Å². The van der Waals surface area contributed by atoms with Crippen molar-refractivity contribution in [2.75, 3.05) is 0 Å². The molecular formula is C20H21N3O. The summed E-state index contributed by atoms with van der Waals surface area (Å²) in [5.41, 5.74) is 2.26. The van der Waals surface area contributed by atoms with E-state index in [2.05, 4.69) is 33.0 Å². The maximum absolute atomic E-state index is 5.94. The van der Waals surface area contributed by atoms with E-state index in [1.165, 1.54) is 19.3 Å². The fourth-order valence-electron chi connectivity index (χ4n) is 3.23. The number of benzene rings is 2. The predicted octanol–water partition coefficient (Wildman–Crippen LogP) is 4.25. The Balaban J connectivity index is 1.63. The Labute approximate surface area is 142 Å². The summed E-state index contributed by atoms with van der Waals surface area (Å²) in [7, 11) is 0. The predicted molar refractivity (Wildman–Crippen MR) is 93.8 cm³/mol. The molecule has 0 saturated heterocycles. The number of fused-ring (bicyclic) bond motifs is 1. The summed E-state index contributed by atoms with van der Waals surface area (Å²) in [5, 5.41) is 8.91. The molecule has 0 atom stereocenters. The van der Waals surface area contributed by atoms with Gasteiger partial charge in [0, 0.05) is 24.1 Å². The van der Waals surface area contributed by atoms with E-state index < -0.39 is 0 Å². The van der Waals surface area contributed by atoms with Crippen molar-refractivity contribution >= 4 is 0 Å². The fraction of sp³-hybridized carbons (Fsp3) is 0.300. The van der Waals surface area contributed by atoms with Crippen LogP contribution in [0.15, 0.2) is 54.6 Å². The molecule has 0 radical (unpaired) electrons. The van der Waals surface area contributed by atoms with Crippen LogP contribution in [0, 0.1) is 0 Å². The molecule has 1 aliphatic rings. The lowest BCUT2D eigenvalue weighted by molar-refractivity contribution is 0.306. The minimum atomic E-state index is 0.530. The molecule has 2 heterocycles. The smallest absolute Gasteiger partial charge is 0.164 e. The van der Waals surface area contributed by atoms with Crippen LogP contribution in [0.1, 0.15) is 30.7 Å². The van der Waals surface area contributed by atoms with Gasteiger partial charge in [-0.1, -0.05) is 48.9 Å². The zero-order valence-corrected chi connectivity index (χ0v) is 13.7. The molecule has 0 N–H and O–H groups in total. The quantitative estimate of drug-likeness (QED) is 0.722. The third-order valence-corrected chi connectivity index (χ3v) is 4.51. The largest absolute Gasteiger partial charge is 0.489 e. The van der Waals surface area contributed by atoms with Gasteiger partial charge in [-0.15, -0.1) is 10.2 Å². The van der Waals surface area contributed by atoms with E-state index in [9.17, 15) is 0 Å². The van der Waals surface area contributed by atoms with Gasteiger partial charge in [-0.05, 0) is 25.0 Å². The van der Waals surface area contributed by atoms with E-state index in [1.54, 1.807) is 0 Å². The van der Waals surface area contributed by atoms with Gasteiger partial charge >= 0.3 is 0 Å². The minimum absolute atomic E-state index is 0.530. The van der Waals surface area contributed by atoms with Crippen LogP contribution in [0.5, 0.6) is 5.75 Å². The number of hydrogen-bond acceptors (Lipinski definition) is 3. The Morgan fingerprint density at radius 3 is 2.62 bits per heavy atom. The highest BCUT2D eigenvalue weighted by atomic mass is 16.5. The Morgan fingerprint density at radius 2 is 1.71 bits per heavy atom. The van der Waals surface area contributed by atoms with Gasteiger partial charge in [-0.2, -0.15) is 0 Å². The molecule has 2 aromatic carbocycles. The Kier molecular flexibility index (Phi) is 4.28. The van der Waals surface area contributed by atoms with E-state index in [4.69, 9.17) is 4.74 Å². The molecule has 24 heavy (non-hydrogen) atoms. The monoisotopic (exact) mass is 319 g/mol. The summed E-state index contributed by atoms with van der Waals surface area (Å²) in [5.74, 6) is 2.97. The zero-order chi connectivity index (χ0) is 16.2. The molecule has 0 unspecified atom stereocenters. The van der Waals surface area contributed by atoms with E-state index in [-0.39, 0.29) is 0 Å². The molecule has 0 bridgehead atoms. The summed E-state index contributed by atoms with van der Waals surface area (Å²) in [6.07, 6.45) is 4.69. The van der Waals surface area contributed by atoms with Crippen LogP contribution in [0.3, 0.4) is 0 Å². The third kappa shape index (κ3) is 3.04. The van der Waals surface area contributed by atoms with Crippen molar-refractivity contribution in [2.24, 2.45) is 0 Å². The van der Waals surface area contributed by atoms with Crippen molar-refractivity contribution in [1.29, 1.82) is 0 Å². The first kappa shape index (κ1) is 14.9. The number of aryl methyl sites for hydroxylation is 1. The highest BCUT2D eigenvalue weighted by Crippen LogP contribution is 2.26. The van der Waals surface area contributed by atoms with Gasteiger partial charge in [0.25, 0.3) is 0 Å². The van der Waals surface area contributed by atoms with Crippen molar-refractivity contribution < 1.29 is 4.74 Å². The second-order valence-corrected chi connectivity index (χ2v) is 6.16. The van der Waals surface area contributed by atoms with E-state index >= 15 is 0 Å². The van der Waals surface area contributed by atoms with Gasteiger partial charge in [-0.3, -0.25) is 0 Å². The molecule has 4 heteroatoms. The number of nitrogens with zero attached hydrogens (tertiary/aromatic N) is 3. The molecule has 0 spiro atoms. The Morgan fingerprint density at radius 1 is 0.875 bits per heavy atom. The third-order valence-electron chi connectivity index (χ3n) is 4.51. The topological polar surface area (TPSA) is 39.9 Å². The number of ether oxygens (including phenoxy) is 1. The van der Waals surface area contributed by atoms with Gasteiger partial charge in [0.1, 0.15) is 18.2 Å². The number of hydrogen-bond donors (Lipinski definition) is 0. The summed E-state index contributed by atoms with van der Waals surface area (Å²) in [6, 6.07) is 18.2. The lowest BCUT2D eigenvalue weighted by Crippen LogP contribution is -2.05. The molecule has 1 aromatic heterocycles. The molecule has 0 fully saturated rings. The Hall–Kier alpha value is -2.62. The van der Waals surface area contributed by atoms with Crippen LogP contribution in [0.25, 0.3) is 11.4 Å². The maximum Gasteiger partial charge on any atom is 0.164 e. The highest BCUT2D eigenvalue weighted by molar-refractivity contribution is 5.60. The van der Waals surface area contributed by atoms with Gasteiger partial charge in [0.15, 0.2) is 5.82 Å². The molecule has 3 aromatic rings. The normalized spacial score (nSPS) is 14.0. The summed E-state index contributed by atoms with van der Waals surface area (Å²) >= 11 is 0. The first-order valence-electron chi connectivity index (χ1n) is 8.60. The van der Waals surface area contributed by atoms with Crippen LogP contribution >= 0.6 is 0 Å². The van der Waals surface area contributed by atoms with Crippen molar-refractivity contribution in [3.8, 4) is 17.1 Å². The molecule has 0 saturated carbocycles. The Bertz CT molecular complexity index is 811. The zero-order valence-electron chi connectivity index (χ0n) is 13.7. The van der Waals surface area contributed by atoms with E-state index in [0.717, 1.165) is 41.5 Å². The molecule has 122 valence electrons. The van der Waals surface area contributed by atoms with Gasteiger partial charge < -0.3 is 9.30 Å². The van der Waals surface area contributed by atoms with Crippen molar-refractivity contribution in [1.82, 2.24) is 14.8 Å². The summed E-state index contributed by atoms with van der Waals surface area (Å²) < 4.78 is 8.23. The highest BCUT2D eigenvalue weighted by Gasteiger charge is 2.18. The summed E-state index contributed by atoms with van der Waals surface area (Å²) in [4.78, 5) is 0. The minimum Gasteiger partial charge on any atom is -0.489 e. The standard InChI is InChI=1S/C20H21N3O/c1-3-10-17(11-4-1)24-15-16-9-6-7-12-18(16)20-22-21-19-13-5-2-8-14-23(19)20/h1,3-4,6-7,9-12H,2,5,8,13-15H2. The maximum atomic E-state index is 5.94. The van der Waals surface area contributed by atoms with Crippen LogP contribution in [-0.4, -0.2) is 14.8 Å². The van der Waals surface area contributed by atoms with Crippen LogP contribution in [0.4, 0.5) is 0 Å². The first-order valence-corrected chi connectivity index (χ1v) is 8.60. The number of aromatic nitrogens is 3. The van der Waals surface area contributed by atoms with Crippen molar-refractivity contribution in [2.45, 2.75) is 38.8 Å². The first-order chi connectivity index (χ1) is 11.9. The number of rotatable bonds is 4. The molecule has 4 nitrogen and oxygen atoms in total. The summed E-state index contributed by atoms with van der Waals surface area (Å²) in [6.45, 7) is 1.54. The molecule has 1 aliphatic heterocycles. The second kappa shape index (κ2) is 6.87. The average Bonchev–Trinajstić information content (AvgIpc) is 2.89. The molecule has 4 rings (SSSR count). The van der Waals surface area contributed by atoms with Crippen molar-refractivity contribution in [3.05, 3.63) is 66.0 Å². The van der Waals surface area contributed by atoms with Crippen LogP contribution in [-0.2, 0) is 19.6 Å². The van der Waals surface area contributed by atoms with E-state index in [0.29, 0.717) is 6.61 Å². The molecule has 0 amide bonds. The van der Waals surface area contributed by atoms with Crippen LogP contribution < -0.4 is 4.74 Å². The van der Waals surface area contributed by atoms with Gasteiger partial charge in [0.05, 0.1) is 0 Å². The SMILES string of the molecule is c1ccc(OCc2ccccc2-c2nnc3n2CCCCC3)cc1. The lowest BCUT2D eigenvalue weighted by Gasteiger charge is -2.12. The average molecular weight is 319 g/mol. The molecular weight excluding hydrogens is 298 g/mol. The second-order valence-electron chi connectivity index (χ2n) is 6.16. The van der Waals surface area contributed by atoms with E-state index in [1.807, 2.05) is 36.4 Å². The lowest BCUT2D eigenvalue weighted by atomic mass is 10.1. The molecule has 0 aliphatic carbocycles. The van der Waals surface area contributed by atoms with Crippen molar-refractivity contribution in [3.63, 3.8) is 0 Å². The fourth-order valence-corrected chi connectivity index (χ4v) is 3.23. The van der Waals surface area contributed by atoms with Crippen LogP contribution in [0.2, 0.25) is 0 Å².